The predicted molar refractivity (Wildman–Crippen MR) is 52.7 cm³/mol. The highest BCUT2D eigenvalue weighted by Crippen LogP contribution is 2.50. The van der Waals surface area contributed by atoms with E-state index in [0.717, 1.165) is 38.5 Å². The van der Waals surface area contributed by atoms with Crippen molar-refractivity contribution in [3.8, 4) is 0 Å². The number of hydrogen-bond acceptors (Lipinski definition) is 3. The molecule has 3 N–H and O–H groups in total. The molecule has 4 atom stereocenters. The molecule has 0 aromatic heterocycles. The summed E-state index contributed by atoms with van der Waals surface area (Å²) in [6, 6.07) is 0. The lowest BCUT2D eigenvalue weighted by atomic mass is 9.59. The molecule has 2 aliphatic carbocycles. The maximum atomic E-state index is 9.58. The van der Waals surface area contributed by atoms with Crippen molar-refractivity contribution in [2.24, 2.45) is 11.3 Å². The molecule has 0 aromatic carbocycles. The molecule has 0 bridgehead atoms. The van der Waals surface area contributed by atoms with E-state index in [9.17, 15) is 15.3 Å². The molecule has 2 unspecified atom stereocenters. The third kappa shape index (κ3) is 1.69. The van der Waals surface area contributed by atoms with Gasteiger partial charge < -0.3 is 15.3 Å². The van der Waals surface area contributed by atoms with Crippen molar-refractivity contribution in [3.05, 3.63) is 0 Å². The minimum absolute atomic E-state index is 0.0124. The van der Waals surface area contributed by atoms with E-state index in [1.807, 2.05) is 0 Å². The largest absolute Gasteiger partial charge is 0.396 e. The molecule has 0 spiro atoms. The van der Waals surface area contributed by atoms with Gasteiger partial charge in [0.25, 0.3) is 0 Å². The van der Waals surface area contributed by atoms with Crippen LogP contribution in [-0.4, -0.2) is 34.1 Å². The molecule has 2 rings (SSSR count). The van der Waals surface area contributed by atoms with Crippen LogP contribution in [0.15, 0.2) is 0 Å². The summed E-state index contributed by atoms with van der Waals surface area (Å²) < 4.78 is 0. The van der Waals surface area contributed by atoms with E-state index >= 15 is 0 Å². The topological polar surface area (TPSA) is 60.7 Å². The van der Waals surface area contributed by atoms with E-state index in [4.69, 9.17) is 0 Å². The fourth-order valence-corrected chi connectivity index (χ4v) is 3.22. The zero-order valence-corrected chi connectivity index (χ0v) is 8.52. The van der Waals surface area contributed by atoms with Crippen LogP contribution in [0.4, 0.5) is 0 Å². The van der Waals surface area contributed by atoms with Crippen LogP contribution < -0.4 is 0 Å². The van der Waals surface area contributed by atoms with Gasteiger partial charge in [-0.3, -0.25) is 0 Å². The van der Waals surface area contributed by atoms with Crippen molar-refractivity contribution in [3.63, 3.8) is 0 Å². The summed E-state index contributed by atoms with van der Waals surface area (Å²) in [5, 5.41) is 28.6. The number of aliphatic hydroxyl groups excluding tert-OH is 3. The Kier molecular flexibility index (Phi) is 2.82. The highest BCUT2D eigenvalue weighted by Gasteiger charge is 2.45. The van der Waals surface area contributed by atoms with E-state index < -0.39 is 0 Å². The average Bonchev–Trinajstić information content (AvgIpc) is 2.18. The lowest BCUT2D eigenvalue weighted by Gasteiger charge is -2.49. The lowest BCUT2D eigenvalue weighted by Crippen LogP contribution is -2.46. The first-order valence-corrected chi connectivity index (χ1v) is 5.63. The summed E-state index contributed by atoms with van der Waals surface area (Å²) in [5.41, 5.74) is 0.0124. The number of fused-ring (bicyclic) bond motifs is 1. The second-order valence-corrected chi connectivity index (χ2v) is 5.07. The Bertz CT molecular complexity index is 189. The quantitative estimate of drug-likeness (QED) is 0.583. The van der Waals surface area contributed by atoms with Gasteiger partial charge in [0.15, 0.2) is 0 Å². The Labute approximate surface area is 84.8 Å². The molecule has 2 fully saturated rings. The van der Waals surface area contributed by atoms with Gasteiger partial charge in [-0.1, -0.05) is 0 Å². The monoisotopic (exact) mass is 200 g/mol. The van der Waals surface area contributed by atoms with E-state index in [1.165, 1.54) is 0 Å². The number of aliphatic hydroxyl groups is 3. The van der Waals surface area contributed by atoms with Gasteiger partial charge in [-0.2, -0.15) is 0 Å². The molecule has 0 amide bonds. The van der Waals surface area contributed by atoms with E-state index in [-0.39, 0.29) is 24.2 Å². The summed E-state index contributed by atoms with van der Waals surface area (Å²) in [6.07, 6.45) is 4.55. The first kappa shape index (κ1) is 10.4. The van der Waals surface area contributed by atoms with Gasteiger partial charge in [-0.05, 0) is 49.9 Å². The fraction of sp³-hybridized carbons (Fsp3) is 1.00. The normalized spacial score (nSPS) is 48.6. The Hall–Kier alpha value is -0.120. The zero-order valence-electron chi connectivity index (χ0n) is 8.52. The van der Waals surface area contributed by atoms with Gasteiger partial charge in [0.2, 0.25) is 0 Å². The van der Waals surface area contributed by atoms with Crippen molar-refractivity contribution in [2.75, 3.05) is 6.61 Å². The van der Waals surface area contributed by atoms with Crippen LogP contribution in [0.25, 0.3) is 0 Å². The second kappa shape index (κ2) is 3.80. The molecule has 0 heterocycles. The van der Waals surface area contributed by atoms with Crippen molar-refractivity contribution >= 4 is 0 Å². The molecule has 2 saturated carbocycles. The highest BCUT2D eigenvalue weighted by molar-refractivity contribution is 4.96. The maximum absolute atomic E-state index is 9.58. The van der Waals surface area contributed by atoms with Crippen molar-refractivity contribution in [1.82, 2.24) is 0 Å². The summed E-state index contributed by atoms with van der Waals surface area (Å²) in [5.74, 6) is 0.319. The van der Waals surface area contributed by atoms with Crippen molar-refractivity contribution in [2.45, 2.75) is 50.7 Å². The molecular weight excluding hydrogens is 180 g/mol. The molecule has 0 radical (unpaired) electrons. The van der Waals surface area contributed by atoms with E-state index in [0.29, 0.717) is 5.92 Å². The standard InChI is InChI=1S/C11H20O3/c12-7-11-3-1-9(13)5-8(11)6-10(14)2-4-11/h8-10,12-14H,1-7H2/t8?,9-,10+,11?. The van der Waals surface area contributed by atoms with Gasteiger partial charge in [0, 0.05) is 6.61 Å². The van der Waals surface area contributed by atoms with Gasteiger partial charge in [-0.25, -0.2) is 0 Å². The number of rotatable bonds is 1. The van der Waals surface area contributed by atoms with E-state index in [2.05, 4.69) is 0 Å². The first-order valence-electron chi connectivity index (χ1n) is 5.63. The highest BCUT2D eigenvalue weighted by atomic mass is 16.3. The SMILES string of the molecule is OCC12CC[C@@H](O)CC1C[C@@H](O)CC2. The van der Waals surface area contributed by atoms with Crippen LogP contribution >= 0.6 is 0 Å². The van der Waals surface area contributed by atoms with Crippen LogP contribution in [0.5, 0.6) is 0 Å². The van der Waals surface area contributed by atoms with Crippen LogP contribution in [-0.2, 0) is 0 Å². The summed E-state index contributed by atoms with van der Waals surface area (Å²) in [4.78, 5) is 0. The molecule has 0 aliphatic heterocycles. The van der Waals surface area contributed by atoms with E-state index in [1.54, 1.807) is 0 Å². The summed E-state index contributed by atoms with van der Waals surface area (Å²) in [6.45, 7) is 0.219. The first-order chi connectivity index (χ1) is 6.66. The molecule has 82 valence electrons. The van der Waals surface area contributed by atoms with Crippen LogP contribution in [0.2, 0.25) is 0 Å². The smallest absolute Gasteiger partial charge is 0.0543 e. The van der Waals surface area contributed by atoms with Crippen LogP contribution in [0.3, 0.4) is 0 Å². The third-order valence-corrected chi connectivity index (χ3v) is 4.25. The molecule has 2 aliphatic rings. The van der Waals surface area contributed by atoms with Gasteiger partial charge in [0.05, 0.1) is 12.2 Å². The average molecular weight is 200 g/mol. The fourth-order valence-electron chi connectivity index (χ4n) is 3.22. The Morgan fingerprint density at radius 1 is 1.00 bits per heavy atom. The minimum atomic E-state index is -0.218. The summed E-state index contributed by atoms with van der Waals surface area (Å²) >= 11 is 0. The van der Waals surface area contributed by atoms with Gasteiger partial charge in [-0.15, -0.1) is 0 Å². The molecule has 0 aromatic rings. The summed E-state index contributed by atoms with van der Waals surface area (Å²) in [7, 11) is 0. The van der Waals surface area contributed by atoms with Gasteiger partial charge in [0.1, 0.15) is 0 Å². The third-order valence-electron chi connectivity index (χ3n) is 4.25. The zero-order chi connectivity index (χ0) is 10.2. The van der Waals surface area contributed by atoms with Crippen molar-refractivity contribution in [1.29, 1.82) is 0 Å². The van der Waals surface area contributed by atoms with Crippen LogP contribution in [0.1, 0.15) is 38.5 Å². The Morgan fingerprint density at radius 3 is 1.93 bits per heavy atom. The lowest BCUT2D eigenvalue weighted by molar-refractivity contribution is -0.0810. The minimum Gasteiger partial charge on any atom is -0.396 e. The van der Waals surface area contributed by atoms with Crippen molar-refractivity contribution < 1.29 is 15.3 Å². The Balaban J connectivity index is 2.11. The second-order valence-electron chi connectivity index (χ2n) is 5.07. The van der Waals surface area contributed by atoms with Crippen LogP contribution in [0, 0.1) is 11.3 Å². The predicted octanol–water partition coefficient (Wildman–Crippen LogP) is 0.671. The molecule has 14 heavy (non-hydrogen) atoms. The number of hydrogen-bond donors (Lipinski definition) is 3. The molecular formula is C11H20O3. The van der Waals surface area contributed by atoms with Gasteiger partial charge >= 0.3 is 0 Å². The molecule has 3 nitrogen and oxygen atoms in total. The Morgan fingerprint density at radius 2 is 1.50 bits per heavy atom. The molecule has 0 saturated heterocycles. The maximum Gasteiger partial charge on any atom is 0.0543 e. The molecule has 3 heteroatoms.